The van der Waals surface area contributed by atoms with E-state index in [0.717, 1.165) is 11.3 Å². The van der Waals surface area contributed by atoms with Gasteiger partial charge in [0.15, 0.2) is 0 Å². The molecule has 16 heavy (non-hydrogen) atoms. The van der Waals surface area contributed by atoms with E-state index in [2.05, 4.69) is 9.97 Å². The number of aryl methyl sites for hydroxylation is 1. The molecule has 0 aliphatic heterocycles. The molecule has 0 amide bonds. The summed E-state index contributed by atoms with van der Waals surface area (Å²) in [6, 6.07) is 0. The van der Waals surface area contributed by atoms with Crippen molar-refractivity contribution in [1.82, 2.24) is 9.97 Å². The maximum atomic E-state index is 11.8. The fraction of sp³-hybridized carbons (Fsp3) is 0.667. The number of nitrogens with zero attached hydrogens (tertiary/aromatic N) is 1. The normalized spacial score (nSPS) is 11.8. The van der Waals surface area contributed by atoms with E-state index in [0.29, 0.717) is 18.9 Å². The lowest BCUT2D eigenvalue weighted by atomic mass is 10.1. The van der Waals surface area contributed by atoms with Crippen LogP contribution in [0.2, 0.25) is 0 Å². The molecule has 0 atom stereocenters. The zero-order valence-corrected chi connectivity index (χ0v) is 10.7. The zero-order valence-electron chi connectivity index (χ0n) is 10.7. The predicted molar refractivity (Wildman–Crippen MR) is 63.6 cm³/mol. The van der Waals surface area contributed by atoms with Crippen LogP contribution in [0, 0.1) is 6.92 Å². The van der Waals surface area contributed by atoms with Crippen molar-refractivity contribution in [2.75, 3.05) is 6.61 Å². The average Bonchev–Trinajstić information content (AvgIpc) is 2.17. The summed E-state index contributed by atoms with van der Waals surface area (Å²) in [7, 11) is 0. The van der Waals surface area contributed by atoms with Crippen LogP contribution in [0.15, 0.2) is 4.79 Å². The van der Waals surface area contributed by atoms with Crippen molar-refractivity contribution >= 4 is 0 Å². The van der Waals surface area contributed by atoms with Crippen LogP contribution in [-0.2, 0) is 16.8 Å². The van der Waals surface area contributed by atoms with Crippen LogP contribution in [0.1, 0.15) is 44.8 Å². The van der Waals surface area contributed by atoms with Gasteiger partial charge in [-0.1, -0.05) is 6.92 Å². The summed E-state index contributed by atoms with van der Waals surface area (Å²) in [4.78, 5) is 19.0. The number of hydrogen-bond acceptors (Lipinski definition) is 3. The van der Waals surface area contributed by atoms with Gasteiger partial charge in [0.25, 0.3) is 5.56 Å². The first-order chi connectivity index (χ1) is 7.42. The molecule has 0 aliphatic rings. The summed E-state index contributed by atoms with van der Waals surface area (Å²) in [5.74, 6) is 0.592. The van der Waals surface area contributed by atoms with Crippen molar-refractivity contribution in [2.24, 2.45) is 0 Å². The Labute approximate surface area is 96.1 Å². The molecule has 0 bridgehead atoms. The van der Waals surface area contributed by atoms with Gasteiger partial charge < -0.3 is 9.72 Å². The van der Waals surface area contributed by atoms with E-state index < -0.39 is 5.60 Å². The Morgan fingerprint density at radius 1 is 1.38 bits per heavy atom. The van der Waals surface area contributed by atoms with E-state index in [1.54, 1.807) is 0 Å². The summed E-state index contributed by atoms with van der Waals surface area (Å²) in [5.41, 5.74) is 0.924. The van der Waals surface area contributed by atoms with Crippen LogP contribution in [0.4, 0.5) is 0 Å². The van der Waals surface area contributed by atoms with Gasteiger partial charge >= 0.3 is 0 Å². The summed E-state index contributed by atoms with van der Waals surface area (Å²) in [5, 5.41) is 0. The van der Waals surface area contributed by atoms with Crippen molar-refractivity contribution in [3.8, 4) is 0 Å². The van der Waals surface area contributed by atoms with Crippen LogP contribution >= 0.6 is 0 Å². The number of aromatic nitrogens is 2. The Morgan fingerprint density at radius 3 is 2.44 bits per heavy atom. The zero-order chi connectivity index (χ0) is 12.3. The van der Waals surface area contributed by atoms with Crippen LogP contribution in [-0.4, -0.2) is 16.6 Å². The Kier molecular flexibility index (Phi) is 3.86. The van der Waals surface area contributed by atoms with Crippen molar-refractivity contribution in [2.45, 2.75) is 46.6 Å². The van der Waals surface area contributed by atoms with Crippen molar-refractivity contribution in [3.05, 3.63) is 27.4 Å². The summed E-state index contributed by atoms with van der Waals surface area (Å²) in [6.45, 7) is 10.1. The number of rotatable bonds is 4. The molecule has 1 aromatic rings. The highest BCUT2D eigenvalue weighted by molar-refractivity contribution is 5.17. The lowest BCUT2D eigenvalue weighted by molar-refractivity contribution is -0.0211. The van der Waals surface area contributed by atoms with Gasteiger partial charge in [-0.15, -0.1) is 0 Å². The largest absolute Gasteiger partial charge is 0.368 e. The molecule has 1 N–H and O–H groups in total. The third kappa shape index (κ3) is 2.50. The van der Waals surface area contributed by atoms with Crippen molar-refractivity contribution in [1.29, 1.82) is 0 Å². The fourth-order valence-electron chi connectivity index (χ4n) is 1.74. The Morgan fingerprint density at radius 2 is 2.00 bits per heavy atom. The Balaban J connectivity index is 3.23. The van der Waals surface area contributed by atoms with Gasteiger partial charge in [0.05, 0.1) is 0 Å². The smallest absolute Gasteiger partial charge is 0.254 e. The van der Waals surface area contributed by atoms with Gasteiger partial charge in [-0.3, -0.25) is 4.79 Å². The number of H-pyrrole nitrogens is 1. The van der Waals surface area contributed by atoms with Gasteiger partial charge in [0.2, 0.25) is 0 Å². The molecule has 0 unspecified atom stereocenters. The second-order valence-electron chi connectivity index (χ2n) is 4.28. The maximum Gasteiger partial charge on any atom is 0.254 e. The van der Waals surface area contributed by atoms with Crippen LogP contribution in [0.25, 0.3) is 0 Å². The molecule has 0 saturated carbocycles. The minimum atomic E-state index is -0.551. The first kappa shape index (κ1) is 12.9. The summed E-state index contributed by atoms with van der Waals surface area (Å²) < 4.78 is 5.57. The van der Waals surface area contributed by atoms with Crippen molar-refractivity contribution in [3.63, 3.8) is 0 Å². The highest BCUT2D eigenvalue weighted by Gasteiger charge is 2.24. The maximum absolute atomic E-state index is 11.8. The Bertz CT molecular complexity index is 422. The van der Waals surface area contributed by atoms with Crippen LogP contribution in [0.3, 0.4) is 0 Å². The van der Waals surface area contributed by atoms with E-state index in [1.165, 1.54) is 0 Å². The van der Waals surface area contributed by atoms with E-state index in [1.807, 2.05) is 34.6 Å². The van der Waals surface area contributed by atoms with Gasteiger partial charge in [-0.2, -0.15) is 0 Å². The molecular weight excluding hydrogens is 204 g/mol. The van der Waals surface area contributed by atoms with Gasteiger partial charge in [0.1, 0.15) is 11.4 Å². The summed E-state index contributed by atoms with van der Waals surface area (Å²) >= 11 is 0. The topological polar surface area (TPSA) is 55.0 Å². The minimum absolute atomic E-state index is 0.0576. The average molecular weight is 224 g/mol. The standard InChI is InChI=1S/C12H20N2O2/c1-6-9-8(3)13-11(14-10(9)15)12(4,5)16-7-2/h6-7H2,1-5H3,(H,13,14,15). The number of ether oxygens (including phenoxy) is 1. The quantitative estimate of drug-likeness (QED) is 0.850. The summed E-state index contributed by atoms with van der Waals surface area (Å²) in [6.07, 6.45) is 0.698. The molecule has 0 aliphatic carbocycles. The number of nitrogens with one attached hydrogen (secondary N) is 1. The number of hydrogen-bond donors (Lipinski definition) is 1. The highest BCUT2D eigenvalue weighted by Crippen LogP contribution is 2.20. The fourth-order valence-corrected chi connectivity index (χ4v) is 1.74. The Hall–Kier alpha value is -1.16. The molecule has 4 nitrogen and oxygen atoms in total. The molecule has 0 spiro atoms. The molecule has 1 heterocycles. The van der Waals surface area contributed by atoms with E-state index in [4.69, 9.17) is 4.74 Å². The molecule has 4 heteroatoms. The van der Waals surface area contributed by atoms with Gasteiger partial charge in [-0.25, -0.2) is 4.98 Å². The van der Waals surface area contributed by atoms with Gasteiger partial charge in [0, 0.05) is 17.9 Å². The predicted octanol–water partition coefficient (Wildman–Crippen LogP) is 1.91. The lowest BCUT2D eigenvalue weighted by Gasteiger charge is -2.24. The molecule has 0 fully saturated rings. The molecule has 0 radical (unpaired) electrons. The first-order valence-electron chi connectivity index (χ1n) is 5.66. The second kappa shape index (κ2) is 4.78. The molecule has 1 aromatic heterocycles. The van der Waals surface area contributed by atoms with E-state index in [9.17, 15) is 4.79 Å². The molecule has 1 rings (SSSR count). The van der Waals surface area contributed by atoms with Crippen LogP contribution < -0.4 is 5.56 Å². The minimum Gasteiger partial charge on any atom is -0.368 e. The monoisotopic (exact) mass is 224 g/mol. The van der Waals surface area contributed by atoms with Crippen molar-refractivity contribution < 1.29 is 4.74 Å². The SMILES string of the molecule is CCOC(C)(C)c1nc(C)c(CC)c(=O)[nH]1. The molecule has 0 aromatic carbocycles. The molecule has 0 saturated heterocycles. The van der Waals surface area contributed by atoms with E-state index in [-0.39, 0.29) is 5.56 Å². The first-order valence-corrected chi connectivity index (χ1v) is 5.66. The molecular formula is C12H20N2O2. The van der Waals surface area contributed by atoms with Gasteiger partial charge in [-0.05, 0) is 34.1 Å². The van der Waals surface area contributed by atoms with E-state index >= 15 is 0 Å². The third-order valence-corrected chi connectivity index (χ3v) is 2.65. The molecule has 90 valence electrons. The highest BCUT2D eigenvalue weighted by atomic mass is 16.5. The van der Waals surface area contributed by atoms with Crippen LogP contribution in [0.5, 0.6) is 0 Å². The second-order valence-corrected chi connectivity index (χ2v) is 4.28. The lowest BCUT2D eigenvalue weighted by Crippen LogP contribution is -2.30. The number of aromatic amines is 1. The third-order valence-electron chi connectivity index (χ3n) is 2.65.